The predicted octanol–water partition coefficient (Wildman–Crippen LogP) is 2.56. The van der Waals surface area contributed by atoms with Gasteiger partial charge in [-0.25, -0.2) is 4.39 Å². The Balaban J connectivity index is 2.47. The van der Waals surface area contributed by atoms with Crippen LogP contribution < -0.4 is 5.73 Å². The number of rotatable bonds is 1. The molecule has 0 aliphatic rings. The topological polar surface area (TPSA) is 54.7 Å². The summed E-state index contributed by atoms with van der Waals surface area (Å²) in [7, 11) is 0. The minimum Gasteiger partial charge on any atom is -0.384 e. The van der Waals surface area contributed by atoms with Crippen molar-refractivity contribution in [2.75, 3.05) is 5.73 Å². The highest BCUT2D eigenvalue weighted by atomic mass is 79.9. The zero-order valence-corrected chi connectivity index (χ0v) is 8.68. The second-order valence-corrected chi connectivity index (χ2v) is 3.69. The van der Waals surface area contributed by atoms with Gasteiger partial charge in [0.15, 0.2) is 0 Å². The lowest BCUT2D eigenvalue weighted by molar-refractivity contribution is 0.621. The van der Waals surface area contributed by atoms with Crippen LogP contribution in [0.4, 0.5) is 10.2 Å². The Morgan fingerprint density at radius 2 is 2.14 bits per heavy atom. The van der Waals surface area contributed by atoms with E-state index in [-0.39, 0.29) is 5.82 Å². The van der Waals surface area contributed by atoms with E-state index in [4.69, 9.17) is 5.73 Å². The van der Waals surface area contributed by atoms with E-state index in [1.807, 2.05) is 0 Å². The summed E-state index contributed by atoms with van der Waals surface area (Å²) in [4.78, 5) is 0. The number of H-pyrrole nitrogens is 1. The number of hydrogen-bond donors (Lipinski definition) is 2. The fourth-order valence-corrected chi connectivity index (χ4v) is 1.39. The van der Waals surface area contributed by atoms with E-state index in [1.165, 1.54) is 6.07 Å². The Labute approximate surface area is 88.3 Å². The summed E-state index contributed by atoms with van der Waals surface area (Å²) in [6.07, 6.45) is 0. The molecule has 1 aromatic carbocycles. The van der Waals surface area contributed by atoms with Gasteiger partial charge in [-0.15, -0.1) is 0 Å². The summed E-state index contributed by atoms with van der Waals surface area (Å²) < 4.78 is 13.6. The predicted molar refractivity (Wildman–Crippen MR) is 56.1 cm³/mol. The number of nitrogen functional groups attached to an aromatic ring is 1. The first-order valence-corrected chi connectivity index (χ1v) is 4.72. The molecular weight excluding hydrogens is 249 g/mol. The number of nitrogens with zero attached hydrogens (tertiary/aromatic N) is 1. The summed E-state index contributed by atoms with van der Waals surface area (Å²) in [5.74, 6) is 0.146. The summed E-state index contributed by atoms with van der Waals surface area (Å²) in [5.41, 5.74) is 6.79. The average Bonchev–Trinajstić information content (AvgIpc) is 2.57. The molecule has 72 valence electrons. The second kappa shape index (κ2) is 3.42. The maximum Gasteiger partial charge on any atom is 0.138 e. The van der Waals surface area contributed by atoms with Gasteiger partial charge in [0.05, 0.1) is 10.2 Å². The van der Waals surface area contributed by atoms with Crippen molar-refractivity contribution in [1.29, 1.82) is 0 Å². The zero-order chi connectivity index (χ0) is 10.1. The molecule has 0 unspecified atom stereocenters. The van der Waals surface area contributed by atoms with E-state index in [0.717, 1.165) is 0 Å². The van der Waals surface area contributed by atoms with Gasteiger partial charge in [0.25, 0.3) is 0 Å². The number of nitrogens with one attached hydrogen (secondary N) is 1. The number of hydrogen-bond acceptors (Lipinski definition) is 2. The monoisotopic (exact) mass is 255 g/mol. The fourth-order valence-electron chi connectivity index (χ4n) is 1.14. The summed E-state index contributed by atoms with van der Waals surface area (Å²) in [6.45, 7) is 0. The van der Waals surface area contributed by atoms with Gasteiger partial charge in [-0.05, 0) is 28.1 Å². The van der Waals surface area contributed by atoms with Crippen LogP contribution in [0.5, 0.6) is 0 Å². The van der Waals surface area contributed by atoms with E-state index in [2.05, 4.69) is 26.1 Å². The molecule has 14 heavy (non-hydrogen) atoms. The van der Waals surface area contributed by atoms with Gasteiger partial charge < -0.3 is 5.73 Å². The molecule has 0 aliphatic heterocycles. The average molecular weight is 256 g/mol. The molecule has 0 saturated heterocycles. The molecule has 0 atom stereocenters. The third-order valence-corrected chi connectivity index (χ3v) is 2.46. The lowest BCUT2D eigenvalue weighted by Crippen LogP contribution is -1.81. The van der Waals surface area contributed by atoms with Gasteiger partial charge in [0.1, 0.15) is 11.6 Å². The Morgan fingerprint density at radius 1 is 1.36 bits per heavy atom. The Morgan fingerprint density at radius 3 is 2.71 bits per heavy atom. The van der Waals surface area contributed by atoms with Crippen LogP contribution in [0, 0.1) is 5.82 Å². The van der Waals surface area contributed by atoms with Crippen molar-refractivity contribution < 1.29 is 4.39 Å². The minimum atomic E-state index is -0.316. The number of benzene rings is 1. The van der Waals surface area contributed by atoms with Gasteiger partial charge in [0, 0.05) is 11.6 Å². The van der Waals surface area contributed by atoms with E-state index in [9.17, 15) is 4.39 Å². The van der Waals surface area contributed by atoms with Crippen LogP contribution in [0.3, 0.4) is 0 Å². The van der Waals surface area contributed by atoms with Crippen LogP contribution in [0.1, 0.15) is 0 Å². The zero-order valence-electron chi connectivity index (χ0n) is 7.09. The first-order chi connectivity index (χ1) is 6.66. The molecule has 2 aromatic rings. The third-order valence-electron chi connectivity index (χ3n) is 1.81. The van der Waals surface area contributed by atoms with E-state index in [0.29, 0.717) is 21.5 Å². The van der Waals surface area contributed by atoms with E-state index in [1.54, 1.807) is 18.2 Å². The molecule has 0 aliphatic carbocycles. The van der Waals surface area contributed by atoms with Gasteiger partial charge in [-0.1, -0.05) is 6.07 Å². The van der Waals surface area contributed by atoms with Crippen molar-refractivity contribution >= 4 is 21.7 Å². The quantitative estimate of drug-likeness (QED) is 0.823. The maximum atomic E-state index is 13.2. The van der Waals surface area contributed by atoms with Gasteiger partial charge >= 0.3 is 0 Å². The van der Waals surface area contributed by atoms with Gasteiger partial charge in [0.2, 0.25) is 0 Å². The number of aromatic amines is 1. The van der Waals surface area contributed by atoms with Crippen molar-refractivity contribution in [3.05, 3.63) is 34.6 Å². The molecule has 0 fully saturated rings. The molecule has 1 heterocycles. The van der Waals surface area contributed by atoms with Crippen molar-refractivity contribution in [1.82, 2.24) is 10.2 Å². The Bertz CT molecular complexity index is 467. The molecule has 0 amide bonds. The normalized spacial score (nSPS) is 10.4. The minimum absolute atomic E-state index is 0.316. The number of nitrogens with two attached hydrogens (primary N) is 1. The lowest BCUT2D eigenvalue weighted by atomic mass is 10.1. The van der Waals surface area contributed by atoms with Crippen LogP contribution in [0.25, 0.3) is 11.3 Å². The molecule has 2 rings (SSSR count). The van der Waals surface area contributed by atoms with Crippen LogP contribution >= 0.6 is 15.9 Å². The third kappa shape index (κ3) is 1.63. The first-order valence-electron chi connectivity index (χ1n) is 3.93. The first kappa shape index (κ1) is 9.21. The van der Waals surface area contributed by atoms with Gasteiger partial charge in [-0.3, -0.25) is 5.10 Å². The highest BCUT2D eigenvalue weighted by Crippen LogP contribution is 2.23. The molecule has 0 radical (unpaired) electrons. The maximum absolute atomic E-state index is 13.2. The van der Waals surface area contributed by atoms with Crippen molar-refractivity contribution in [2.45, 2.75) is 0 Å². The van der Waals surface area contributed by atoms with Crippen molar-refractivity contribution in [3.8, 4) is 11.3 Å². The molecule has 0 saturated carbocycles. The molecule has 3 nitrogen and oxygen atoms in total. The molecule has 0 spiro atoms. The van der Waals surface area contributed by atoms with Gasteiger partial charge in [-0.2, -0.15) is 5.10 Å². The van der Waals surface area contributed by atoms with Crippen LogP contribution in [-0.4, -0.2) is 10.2 Å². The van der Waals surface area contributed by atoms with E-state index < -0.39 is 0 Å². The largest absolute Gasteiger partial charge is 0.384 e. The SMILES string of the molecule is Nc1cc(-c2ccc(Br)c(F)c2)n[nH]1. The fraction of sp³-hybridized carbons (Fsp3) is 0. The molecular formula is C9H7BrFN3. The Kier molecular flexibility index (Phi) is 2.25. The number of halogens is 2. The second-order valence-electron chi connectivity index (χ2n) is 2.84. The molecule has 1 aromatic heterocycles. The molecule has 0 bridgehead atoms. The standard InChI is InChI=1S/C9H7BrFN3/c10-6-2-1-5(3-7(6)11)8-4-9(12)14-13-8/h1-4H,(H3,12,13,14). The summed E-state index contributed by atoms with van der Waals surface area (Å²) in [5, 5.41) is 6.52. The Hall–Kier alpha value is -1.36. The van der Waals surface area contributed by atoms with E-state index >= 15 is 0 Å². The number of anilines is 1. The summed E-state index contributed by atoms with van der Waals surface area (Å²) in [6, 6.07) is 6.46. The summed E-state index contributed by atoms with van der Waals surface area (Å²) >= 11 is 3.08. The van der Waals surface area contributed by atoms with Crippen molar-refractivity contribution in [2.24, 2.45) is 0 Å². The van der Waals surface area contributed by atoms with Crippen LogP contribution in [0.2, 0.25) is 0 Å². The van der Waals surface area contributed by atoms with Crippen molar-refractivity contribution in [3.63, 3.8) is 0 Å². The molecule has 5 heteroatoms. The smallest absolute Gasteiger partial charge is 0.138 e. The number of aromatic nitrogens is 2. The molecule has 3 N–H and O–H groups in total. The van der Waals surface area contributed by atoms with Crippen LogP contribution in [0.15, 0.2) is 28.7 Å². The van der Waals surface area contributed by atoms with Crippen LogP contribution in [-0.2, 0) is 0 Å². The highest BCUT2D eigenvalue weighted by molar-refractivity contribution is 9.10. The highest BCUT2D eigenvalue weighted by Gasteiger charge is 2.05. The lowest BCUT2D eigenvalue weighted by Gasteiger charge is -1.97.